The third-order valence-corrected chi connectivity index (χ3v) is 8.63. The Balaban J connectivity index is 0.000000260. The van der Waals surface area contributed by atoms with Gasteiger partial charge in [-0.2, -0.15) is 0 Å². The van der Waals surface area contributed by atoms with Crippen LogP contribution < -0.4 is 0 Å². The molecule has 9 aromatic rings. The van der Waals surface area contributed by atoms with Crippen LogP contribution in [0.4, 0.5) is 0 Å². The molecule has 4 heteroatoms. The molecule has 0 aliphatic carbocycles. The minimum atomic E-state index is -2.72. The first-order valence-corrected chi connectivity index (χ1v) is 15.7. The summed E-state index contributed by atoms with van der Waals surface area (Å²) < 4.78 is 123. The van der Waals surface area contributed by atoms with Crippen LogP contribution in [0.1, 0.15) is 48.4 Å². The van der Waals surface area contributed by atoms with E-state index in [2.05, 4.69) is 46.4 Å². The van der Waals surface area contributed by atoms with Crippen LogP contribution in [-0.2, 0) is 20.1 Å². The van der Waals surface area contributed by atoms with Crippen molar-refractivity contribution in [3.8, 4) is 33.6 Å². The van der Waals surface area contributed by atoms with Crippen molar-refractivity contribution < 1.29 is 45.1 Å². The van der Waals surface area contributed by atoms with Crippen molar-refractivity contribution in [1.29, 1.82) is 0 Å². The first-order valence-electron chi connectivity index (χ1n) is 23.2. The molecule has 0 amide bonds. The van der Waals surface area contributed by atoms with E-state index in [1.807, 2.05) is 30.3 Å². The summed E-state index contributed by atoms with van der Waals surface area (Å²) in [4.78, 5) is 8.58. The van der Waals surface area contributed by atoms with Crippen LogP contribution in [0.3, 0.4) is 0 Å². The molecule has 9 rings (SSSR count). The van der Waals surface area contributed by atoms with Gasteiger partial charge in [-0.3, -0.25) is 0 Å². The Kier molecular flexibility index (Phi) is 5.64. The molecule has 6 aromatic carbocycles. The zero-order valence-corrected chi connectivity index (χ0v) is 29.2. The van der Waals surface area contributed by atoms with E-state index >= 15 is 0 Å². The number of rotatable bonds is 3. The Morgan fingerprint density at radius 3 is 2.16 bits per heavy atom. The number of pyridine rings is 2. The van der Waals surface area contributed by atoms with Crippen molar-refractivity contribution in [1.82, 2.24) is 9.97 Å². The van der Waals surface area contributed by atoms with Gasteiger partial charge in [-0.05, 0) is 82.8 Å². The van der Waals surface area contributed by atoms with E-state index in [0.717, 1.165) is 38.4 Å². The third kappa shape index (κ3) is 6.50. The van der Waals surface area contributed by atoms with Crippen molar-refractivity contribution in [3.05, 3.63) is 168 Å². The average molecular weight is 852 g/mol. The van der Waals surface area contributed by atoms with Gasteiger partial charge in [0.05, 0.1) is 5.58 Å². The molecule has 0 N–H and O–H groups in total. The van der Waals surface area contributed by atoms with E-state index < -0.39 is 34.3 Å². The van der Waals surface area contributed by atoms with Gasteiger partial charge in [-0.1, -0.05) is 108 Å². The predicted molar refractivity (Wildman–Crippen MR) is 208 cm³/mol. The monoisotopic (exact) mass is 852 g/mol. The molecule has 0 atom stereocenters. The quantitative estimate of drug-likeness (QED) is 0.131. The molecule has 51 heavy (non-hydrogen) atoms. The van der Waals surface area contributed by atoms with Crippen molar-refractivity contribution >= 4 is 43.5 Å². The second-order valence-electron chi connectivity index (χ2n) is 11.8. The SMILES string of the molecule is [2H]C([2H])([2H])c1c[c-]c(-c2ccc(C([2H])([2H])[2H])cn2)cc1.[2H]C([2H])([2H])c1ccc(-c2cc(-c3[c-]ccc4c3oc3c4ccc4ccc5ccccc5c43)ncc2C([2H])([2H])[2H])c(C([2H])([2H])[2H])c1.[Ir]. The van der Waals surface area contributed by atoms with Crippen LogP contribution in [0.25, 0.3) is 77.1 Å². The molecule has 0 aliphatic heterocycles. The van der Waals surface area contributed by atoms with Gasteiger partial charge in [0, 0.05) is 63.8 Å². The summed E-state index contributed by atoms with van der Waals surface area (Å²) in [5.41, 5.74) is 3.18. The largest absolute Gasteiger partial charge is 0.500 e. The molecule has 0 aliphatic rings. The van der Waals surface area contributed by atoms with Gasteiger partial charge < -0.3 is 14.4 Å². The number of hydrogen-bond donors (Lipinski definition) is 0. The molecule has 0 saturated heterocycles. The summed E-state index contributed by atoms with van der Waals surface area (Å²) >= 11 is 0. The molecule has 0 bridgehead atoms. The van der Waals surface area contributed by atoms with Crippen molar-refractivity contribution in [3.63, 3.8) is 0 Å². The number of aryl methyl sites for hydroxylation is 5. The summed E-state index contributed by atoms with van der Waals surface area (Å²) in [5, 5.41) is 5.83. The average Bonchev–Trinajstić information content (AvgIpc) is 3.64. The van der Waals surface area contributed by atoms with Crippen molar-refractivity contribution in [2.75, 3.05) is 0 Å². The van der Waals surface area contributed by atoms with Gasteiger partial charge in [-0.15, -0.1) is 53.6 Å². The van der Waals surface area contributed by atoms with Gasteiger partial charge in [-0.25, -0.2) is 0 Å². The Hall–Kier alpha value is -5.41. The van der Waals surface area contributed by atoms with Crippen LogP contribution in [0, 0.1) is 46.4 Å². The summed E-state index contributed by atoms with van der Waals surface area (Å²) in [6.07, 6.45) is 2.52. The van der Waals surface area contributed by atoms with E-state index in [1.165, 1.54) is 48.8 Å². The molecule has 0 spiro atoms. The van der Waals surface area contributed by atoms with Gasteiger partial charge in [0.2, 0.25) is 0 Å². The van der Waals surface area contributed by atoms with Crippen LogP contribution in [0.5, 0.6) is 0 Å². The molecule has 3 nitrogen and oxygen atoms in total. The Labute approximate surface area is 333 Å². The third-order valence-electron chi connectivity index (χ3n) is 8.63. The second kappa shape index (κ2) is 14.1. The van der Waals surface area contributed by atoms with E-state index in [4.69, 9.17) is 25.0 Å². The zero-order valence-electron chi connectivity index (χ0n) is 41.8. The summed E-state index contributed by atoms with van der Waals surface area (Å²) in [6.45, 7) is -12.2. The first-order chi connectivity index (χ1) is 30.4. The number of fused-ring (bicyclic) bond motifs is 7. The zero-order chi connectivity index (χ0) is 46.9. The predicted octanol–water partition coefficient (Wildman–Crippen LogP) is 12.5. The molecule has 0 unspecified atom stereocenters. The van der Waals surface area contributed by atoms with Crippen LogP contribution in [-0.4, -0.2) is 9.97 Å². The molecule has 1 radical (unpaired) electrons. The molecule has 0 fully saturated rings. The van der Waals surface area contributed by atoms with Crippen LogP contribution in [0.2, 0.25) is 0 Å². The molecular formula is C47H36IrN2O-2. The van der Waals surface area contributed by atoms with Gasteiger partial charge in [0.25, 0.3) is 0 Å². The van der Waals surface area contributed by atoms with Gasteiger partial charge >= 0.3 is 0 Å². The van der Waals surface area contributed by atoms with Crippen LogP contribution >= 0.6 is 0 Å². The molecule has 3 aromatic heterocycles. The number of aromatic nitrogens is 2. The Morgan fingerprint density at radius 1 is 0.569 bits per heavy atom. The normalized spacial score (nSPS) is 16.7. The Bertz CT molecular complexity index is 3180. The summed E-state index contributed by atoms with van der Waals surface area (Å²) in [7, 11) is 0. The van der Waals surface area contributed by atoms with Crippen molar-refractivity contribution in [2.45, 2.75) is 34.3 Å². The van der Waals surface area contributed by atoms with E-state index in [0.29, 0.717) is 33.7 Å². The second-order valence-corrected chi connectivity index (χ2v) is 11.8. The Morgan fingerprint density at radius 2 is 1.35 bits per heavy atom. The summed E-state index contributed by atoms with van der Waals surface area (Å²) in [5.74, 6) is 0. The fourth-order valence-corrected chi connectivity index (χ4v) is 6.21. The van der Waals surface area contributed by atoms with Gasteiger partial charge in [0.1, 0.15) is 5.58 Å². The van der Waals surface area contributed by atoms with Crippen LogP contribution in [0.15, 0.2) is 132 Å². The van der Waals surface area contributed by atoms with Gasteiger partial charge in [0.15, 0.2) is 0 Å². The topological polar surface area (TPSA) is 38.9 Å². The smallest absolute Gasteiger partial charge is 0.129 e. The summed E-state index contributed by atoms with van der Waals surface area (Å²) in [6, 6.07) is 38.9. The number of benzene rings is 6. The fraction of sp³-hybridized carbons (Fsp3) is 0.106. The molecular weight excluding hydrogens is 801 g/mol. The number of furan rings is 1. The number of nitrogens with zero attached hydrogens (tertiary/aromatic N) is 2. The molecule has 0 saturated carbocycles. The van der Waals surface area contributed by atoms with E-state index in [-0.39, 0.29) is 59.0 Å². The maximum absolute atomic E-state index is 8.19. The van der Waals surface area contributed by atoms with E-state index in [1.54, 1.807) is 18.2 Å². The standard InChI is InChI=1S/C34H24NO.C13H12N.Ir/c1-20-11-15-25(21(2)17-20)30-18-31(35-19-22(30)3)29-10-6-9-27-28-16-14-24-13-12-23-7-4-5-8-26(23)32(24)34(28)36-33(27)29;1-10-3-6-12(7-4-10)13-8-5-11(2)9-14-13;/h4-9,11-19H,1-3H3;3-6,8-9H,1-2H3;/q2*-1;/i1D3,2D3,3D3;1D3,2D3;. The molecule has 251 valence electrons. The maximum Gasteiger partial charge on any atom is 0.129 e. The maximum atomic E-state index is 8.19. The minimum Gasteiger partial charge on any atom is -0.500 e. The van der Waals surface area contributed by atoms with E-state index in [9.17, 15) is 0 Å². The number of hydrogen-bond acceptors (Lipinski definition) is 3. The molecule has 3 heterocycles. The first kappa shape index (κ1) is 20.4. The van der Waals surface area contributed by atoms with Crippen molar-refractivity contribution in [2.24, 2.45) is 0 Å². The minimum absolute atomic E-state index is 0. The fourth-order valence-electron chi connectivity index (χ4n) is 6.21.